The fourth-order valence-corrected chi connectivity index (χ4v) is 2.93. The van der Waals surface area contributed by atoms with Gasteiger partial charge in [-0.2, -0.15) is 0 Å². The van der Waals surface area contributed by atoms with E-state index in [-0.39, 0.29) is 11.4 Å². The lowest BCUT2D eigenvalue weighted by Gasteiger charge is -2.36. The van der Waals surface area contributed by atoms with Crippen LogP contribution in [0.2, 0.25) is 0 Å². The topological polar surface area (TPSA) is 20.3 Å². The molecule has 0 N–H and O–H groups in total. The van der Waals surface area contributed by atoms with Crippen molar-refractivity contribution >= 4 is 17.0 Å². The maximum atomic E-state index is 11.7. The van der Waals surface area contributed by atoms with Crippen molar-refractivity contribution in [3.63, 3.8) is 0 Å². The van der Waals surface area contributed by atoms with Gasteiger partial charge in [0.25, 0.3) is 0 Å². The zero-order chi connectivity index (χ0) is 13.2. The second-order valence-corrected chi connectivity index (χ2v) is 5.03. The van der Waals surface area contributed by atoms with Gasteiger partial charge in [-0.25, -0.2) is 0 Å². The first kappa shape index (κ1) is 12.2. The summed E-state index contributed by atoms with van der Waals surface area (Å²) in [6.45, 7) is 0.666. The summed E-state index contributed by atoms with van der Waals surface area (Å²) in [4.78, 5) is 13.4. The zero-order valence-corrected chi connectivity index (χ0v) is 11.2. The van der Waals surface area contributed by atoms with Gasteiger partial charge in [0, 0.05) is 6.54 Å². The molecule has 0 radical (unpaired) electrons. The molecule has 2 nitrogen and oxygen atoms in total. The Kier molecular flexibility index (Phi) is 3.26. The van der Waals surface area contributed by atoms with Crippen LogP contribution >= 0.6 is 11.6 Å². The molecule has 1 aliphatic heterocycles. The van der Waals surface area contributed by atoms with Crippen molar-refractivity contribution in [1.29, 1.82) is 0 Å². The summed E-state index contributed by atoms with van der Waals surface area (Å²) < 4.78 is 0. The molecule has 1 amide bonds. The minimum atomic E-state index is -0.386. The standard InChI is InChI=1S/C16H14ClNO/c17-16(19)18-11-10-12-6-4-5-9-14(12)15(18)13-7-2-1-3-8-13/h1-9,15H,10-11H2. The summed E-state index contributed by atoms with van der Waals surface area (Å²) in [6.07, 6.45) is 0.859. The van der Waals surface area contributed by atoms with Gasteiger partial charge in [-0.15, -0.1) is 0 Å². The van der Waals surface area contributed by atoms with Gasteiger partial charge in [0.1, 0.15) is 0 Å². The van der Waals surface area contributed by atoms with Crippen LogP contribution in [0.1, 0.15) is 22.7 Å². The predicted molar refractivity (Wildman–Crippen MR) is 76.4 cm³/mol. The van der Waals surface area contributed by atoms with E-state index < -0.39 is 0 Å². The second kappa shape index (κ2) is 5.06. The number of carbonyl (C=O) groups is 1. The highest BCUT2D eigenvalue weighted by molar-refractivity contribution is 6.62. The van der Waals surface area contributed by atoms with Crippen LogP contribution in [0.4, 0.5) is 4.79 Å². The first-order valence-corrected chi connectivity index (χ1v) is 6.74. The molecule has 1 aliphatic rings. The first-order valence-electron chi connectivity index (χ1n) is 6.36. The minimum Gasteiger partial charge on any atom is -0.318 e. The van der Waals surface area contributed by atoms with Gasteiger partial charge >= 0.3 is 5.37 Å². The summed E-state index contributed by atoms with van der Waals surface area (Å²) in [5.41, 5.74) is 3.57. The quantitative estimate of drug-likeness (QED) is 0.567. The molecule has 1 unspecified atom stereocenters. The van der Waals surface area contributed by atoms with Crippen LogP contribution in [0.5, 0.6) is 0 Å². The monoisotopic (exact) mass is 271 g/mol. The van der Waals surface area contributed by atoms with Gasteiger partial charge in [0.15, 0.2) is 0 Å². The van der Waals surface area contributed by atoms with Gasteiger partial charge in [-0.05, 0) is 34.7 Å². The summed E-state index contributed by atoms with van der Waals surface area (Å²) in [6, 6.07) is 18.2. The van der Waals surface area contributed by atoms with E-state index in [1.165, 1.54) is 11.1 Å². The summed E-state index contributed by atoms with van der Waals surface area (Å²) in [5.74, 6) is 0. The molecule has 19 heavy (non-hydrogen) atoms. The fourth-order valence-electron chi connectivity index (χ4n) is 2.75. The number of amides is 1. The third-order valence-corrected chi connectivity index (χ3v) is 3.84. The van der Waals surface area contributed by atoms with Crippen molar-refractivity contribution < 1.29 is 4.79 Å². The van der Waals surface area contributed by atoms with Gasteiger partial charge in [-0.3, -0.25) is 4.79 Å². The Hall–Kier alpha value is -1.80. The highest BCUT2D eigenvalue weighted by Crippen LogP contribution is 2.35. The lowest BCUT2D eigenvalue weighted by molar-refractivity contribution is 0.204. The van der Waals surface area contributed by atoms with Crippen LogP contribution in [0, 0.1) is 0 Å². The van der Waals surface area contributed by atoms with Crippen LogP contribution in [-0.2, 0) is 6.42 Å². The molecule has 0 bridgehead atoms. The highest BCUT2D eigenvalue weighted by atomic mass is 35.5. The van der Waals surface area contributed by atoms with Crippen molar-refractivity contribution in [2.24, 2.45) is 0 Å². The first-order chi connectivity index (χ1) is 9.27. The molecule has 1 atom stereocenters. The lowest BCUT2D eigenvalue weighted by Crippen LogP contribution is -2.37. The molecule has 2 aromatic carbocycles. The molecular formula is C16H14ClNO. The van der Waals surface area contributed by atoms with E-state index in [9.17, 15) is 4.79 Å². The third-order valence-electron chi connectivity index (χ3n) is 3.62. The number of nitrogens with zero attached hydrogens (tertiary/aromatic N) is 1. The number of halogens is 1. The van der Waals surface area contributed by atoms with E-state index in [1.807, 2.05) is 42.5 Å². The summed E-state index contributed by atoms with van der Waals surface area (Å²) in [7, 11) is 0. The summed E-state index contributed by atoms with van der Waals surface area (Å²) in [5, 5.41) is -0.386. The number of hydrogen-bond donors (Lipinski definition) is 0. The van der Waals surface area contributed by atoms with Gasteiger partial charge < -0.3 is 4.90 Å². The largest absolute Gasteiger partial charge is 0.318 e. The van der Waals surface area contributed by atoms with Crippen molar-refractivity contribution in [3.8, 4) is 0 Å². The van der Waals surface area contributed by atoms with E-state index in [2.05, 4.69) is 12.1 Å². The van der Waals surface area contributed by atoms with Crippen LogP contribution in [0.15, 0.2) is 54.6 Å². The molecule has 2 aromatic rings. The Bertz CT molecular complexity index is 597. The molecule has 0 fully saturated rings. The number of benzene rings is 2. The Labute approximate surface area is 117 Å². The molecular weight excluding hydrogens is 258 g/mol. The zero-order valence-electron chi connectivity index (χ0n) is 10.4. The van der Waals surface area contributed by atoms with Crippen molar-refractivity contribution in [1.82, 2.24) is 4.90 Å². The van der Waals surface area contributed by atoms with E-state index >= 15 is 0 Å². The van der Waals surface area contributed by atoms with E-state index in [0.29, 0.717) is 6.54 Å². The van der Waals surface area contributed by atoms with Crippen molar-refractivity contribution in [2.75, 3.05) is 6.54 Å². The van der Waals surface area contributed by atoms with Crippen LogP contribution in [-0.4, -0.2) is 16.8 Å². The van der Waals surface area contributed by atoms with Crippen molar-refractivity contribution in [2.45, 2.75) is 12.5 Å². The van der Waals surface area contributed by atoms with E-state index in [4.69, 9.17) is 11.6 Å². The van der Waals surface area contributed by atoms with Crippen LogP contribution in [0.25, 0.3) is 0 Å². The smallest absolute Gasteiger partial charge is 0.317 e. The van der Waals surface area contributed by atoms with Gasteiger partial charge in [0.05, 0.1) is 6.04 Å². The fraction of sp³-hybridized carbons (Fsp3) is 0.188. The number of carbonyl (C=O) groups excluding carboxylic acids is 1. The second-order valence-electron chi connectivity index (χ2n) is 4.71. The maximum absolute atomic E-state index is 11.7. The normalized spacial score (nSPS) is 17.9. The molecule has 0 saturated heterocycles. The van der Waals surface area contributed by atoms with Gasteiger partial charge in [0.2, 0.25) is 0 Å². The van der Waals surface area contributed by atoms with Gasteiger partial charge in [-0.1, -0.05) is 54.6 Å². The average molecular weight is 272 g/mol. The molecule has 3 heteroatoms. The lowest BCUT2D eigenvalue weighted by atomic mass is 9.88. The minimum absolute atomic E-state index is 0.0730. The molecule has 0 aliphatic carbocycles. The summed E-state index contributed by atoms with van der Waals surface area (Å²) >= 11 is 5.75. The Balaban J connectivity index is 2.13. The molecule has 96 valence electrons. The predicted octanol–water partition coefficient (Wildman–Crippen LogP) is 3.99. The number of hydrogen-bond acceptors (Lipinski definition) is 1. The van der Waals surface area contributed by atoms with Crippen LogP contribution < -0.4 is 0 Å². The maximum Gasteiger partial charge on any atom is 0.317 e. The van der Waals surface area contributed by atoms with E-state index in [1.54, 1.807) is 4.90 Å². The molecule has 0 saturated carbocycles. The average Bonchev–Trinajstić information content (AvgIpc) is 2.46. The molecule has 0 spiro atoms. The van der Waals surface area contributed by atoms with E-state index in [0.717, 1.165) is 12.0 Å². The van der Waals surface area contributed by atoms with Crippen LogP contribution in [0.3, 0.4) is 0 Å². The Morgan fingerprint density at radius 3 is 2.47 bits per heavy atom. The SMILES string of the molecule is O=C(Cl)N1CCc2ccccc2C1c1ccccc1. The third kappa shape index (κ3) is 2.24. The Morgan fingerprint density at radius 2 is 1.74 bits per heavy atom. The number of fused-ring (bicyclic) bond motifs is 1. The molecule has 3 rings (SSSR count). The Morgan fingerprint density at radius 1 is 1.05 bits per heavy atom. The number of rotatable bonds is 1. The molecule has 1 heterocycles. The van der Waals surface area contributed by atoms with Crippen molar-refractivity contribution in [3.05, 3.63) is 71.3 Å². The highest BCUT2D eigenvalue weighted by Gasteiger charge is 2.30. The molecule has 0 aromatic heterocycles.